The van der Waals surface area contributed by atoms with E-state index in [0.29, 0.717) is 11.8 Å². The maximum Gasteiger partial charge on any atom is 0.204 e. The standard InChI is InChI=1S/C39H66N6/c1-10-17-20-23-33(16-7)38-41-39-37(36(29(8)13-4)42-45(39)43-38)40-35-25-24-34(26-30(35)9)44(27-31(14-5)21-18-11-2)28-32(15-6)22-19-12-3/h24-26,29,31-33H,10-23,27-28H2,1-9H3/b40-37-. The van der Waals surface area contributed by atoms with Crippen molar-refractivity contribution >= 4 is 22.8 Å². The first-order valence-electron chi connectivity index (χ1n) is 18.8. The van der Waals surface area contributed by atoms with Crippen molar-refractivity contribution in [3.8, 4) is 0 Å². The van der Waals surface area contributed by atoms with Crippen LogP contribution in [0.4, 0.5) is 11.4 Å². The van der Waals surface area contributed by atoms with Gasteiger partial charge < -0.3 is 4.90 Å². The van der Waals surface area contributed by atoms with Crippen LogP contribution in [0.2, 0.25) is 0 Å². The molecular formula is C39H66N6. The van der Waals surface area contributed by atoms with Gasteiger partial charge in [-0.1, -0.05) is 113 Å². The van der Waals surface area contributed by atoms with E-state index in [9.17, 15) is 0 Å². The zero-order chi connectivity index (χ0) is 32.8. The molecule has 0 bridgehead atoms. The van der Waals surface area contributed by atoms with Gasteiger partial charge in [0.05, 0.1) is 11.4 Å². The number of anilines is 1. The van der Waals surface area contributed by atoms with Crippen LogP contribution in [0.1, 0.15) is 168 Å². The molecule has 0 aliphatic carbocycles. The molecule has 0 amide bonds. The van der Waals surface area contributed by atoms with Gasteiger partial charge in [0.15, 0.2) is 5.82 Å². The highest BCUT2D eigenvalue weighted by molar-refractivity contribution is 6.49. The molecular weight excluding hydrogens is 552 g/mol. The molecule has 1 aliphatic heterocycles. The number of benzene rings is 1. The summed E-state index contributed by atoms with van der Waals surface area (Å²) in [4.78, 5) is 14.9. The van der Waals surface area contributed by atoms with Crippen molar-refractivity contribution < 1.29 is 0 Å². The number of hydrogen-bond donors (Lipinski definition) is 0. The van der Waals surface area contributed by atoms with Gasteiger partial charge in [-0.05, 0) is 74.6 Å². The van der Waals surface area contributed by atoms with Gasteiger partial charge in [0.2, 0.25) is 5.82 Å². The summed E-state index contributed by atoms with van der Waals surface area (Å²) in [6.07, 6.45) is 17.2. The lowest BCUT2D eigenvalue weighted by Gasteiger charge is -2.33. The summed E-state index contributed by atoms with van der Waals surface area (Å²) in [5.74, 6) is 3.86. The summed E-state index contributed by atoms with van der Waals surface area (Å²) < 4.78 is 0. The lowest BCUT2D eigenvalue weighted by Crippen LogP contribution is -2.34. The Morgan fingerprint density at radius 3 is 1.96 bits per heavy atom. The fraction of sp³-hybridized carbons (Fsp3) is 0.744. The van der Waals surface area contributed by atoms with E-state index in [-0.39, 0.29) is 0 Å². The van der Waals surface area contributed by atoms with Crippen molar-refractivity contribution in [3.63, 3.8) is 0 Å². The summed E-state index contributed by atoms with van der Waals surface area (Å²) in [7, 11) is 0. The van der Waals surface area contributed by atoms with Crippen molar-refractivity contribution in [2.45, 2.75) is 158 Å². The van der Waals surface area contributed by atoms with E-state index in [2.05, 4.69) is 85.4 Å². The first-order chi connectivity index (χ1) is 21.8. The van der Waals surface area contributed by atoms with Crippen molar-refractivity contribution in [2.75, 3.05) is 18.0 Å². The molecule has 1 aromatic carbocycles. The highest BCUT2D eigenvalue weighted by Gasteiger charge is 2.31. The minimum Gasteiger partial charge on any atom is -0.371 e. The van der Waals surface area contributed by atoms with Crippen molar-refractivity contribution in [1.29, 1.82) is 0 Å². The molecule has 4 unspecified atom stereocenters. The number of aryl methyl sites for hydroxylation is 1. The molecule has 1 aromatic heterocycles. The monoisotopic (exact) mass is 619 g/mol. The van der Waals surface area contributed by atoms with E-state index in [1.807, 2.05) is 0 Å². The number of rotatable bonds is 22. The Morgan fingerprint density at radius 2 is 1.42 bits per heavy atom. The molecule has 0 spiro atoms. The molecule has 0 saturated heterocycles. The van der Waals surface area contributed by atoms with E-state index in [4.69, 9.17) is 20.2 Å². The second kappa shape index (κ2) is 19.2. The number of hydrogen-bond acceptors (Lipinski definition) is 5. The van der Waals surface area contributed by atoms with Crippen LogP contribution in [-0.2, 0) is 0 Å². The largest absolute Gasteiger partial charge is 0.371 e. The van der Waals surface area contributed by atoms with Gasteiger partial charge in [-0.15, -0.1) is 9.89 Å². The van der Waals surface area contributed by atoms with Crippen molar-refractivity contribution in [1.82, 2.24) is 14.9 Å². The highest BCUT2D eigenvalue weighted by atomic mass is 15.6. The van der Waals surface area contributed by atoms with Crippen LogP contribution in [0.25, 0.3) is 0 Å². The van der Waals surface area contributed by atoms with E-state index in [1.54, 1.807) is 4.79 Å². The Morgan fingerprint density at radius 1 is 0.778 bits per heavy atom. The Bertz CT molecular complexity index is 1190. The van der Waals surface area contributed by atoms with Gasteiger partial charge in [-0.25, -0.2) is 9.98 Å². The Hall–Kier alpha value is -2.50. The average Bonchev–Trinajstić information content (AvgIpc) is 3.61. The van der Waals surface area contributed by atoms with Gasteiger partial charge in [-0.3, -0.25) is 0 Å². The molecule has 252 valence electrons. The zero-order valence-electron chi connectivity index (χ0n) is 30.5. The molecule has 2 aromatic rings. The van der Waals surface area contributed by atoms with Crippen LogP contribution in [0.15, 0.2) is 28.3 Å². The lowest BCUT2D eigenvalue weighted by molar-refractivity contribution is 0.403. The van der Waals surface area contributed by atoms with E-state index in [0.717, 1.165) is 72.9 Å². The highest BCUT2D eigenvalue weighted by Crippen LogP contribution is 2.31. The Kier molecular flexibility index (Phi) is 15.8. The number of aliphatic imine (C=N–C) groups is 1. The Balaban J connectivity index is 1.96. The van der Waals surface area contributed by atoms with Crippen LogP contribution >= 0.6 is 0 Å². The van der Waals surface area contributed by atoms with Gasteiger partial charge in [0.1, 0.15) is 5.71 Å². The average molecular weight is 619 g/mol. The summed E-state index contributed by atoms with van der Waals surface area (Å²) in [6.45, 7) is 22.8. The Labute approximate surface area is 276 Å². The third kappa shape index (κ3) is 10.2. The predicted octanol–water partition coefficient (Wildman–Crippen LogP) is 11.3. The molecule has 6 heteroatoms. The summed E-state index contributed by atoms with van der Waals surface area (Å²) >= 11 is 0. The molecule has 3 rings (SSSR count). The number of fused-ring (bicyclic) bond motifs is 1. The molecule has 0 fully saturated rings. The lowest BCUT2D eigenvalue weighted by atomic mass is 9.95. The quantitative estimate of drug-likeness (QED) is 0.123. The molecule has 0 saturated carbocycles. The van der Waals surface area contributed by atoms with Crippen LogP contribution in [0.3, 0.4) is 0 Å². The van der Waals surface area contributed by atoms with Crippen LogP contribution in [-0.4, -0.2) is 39.4 Å². The minimum atomic E-state index is 0.292. The molecule has 0 N–H and O–H groups in total. The van der Waals surface area contributed by atoms with E-state index in [1.165, 1.54) is 81.9 Å². The maximum absolute atomic E-state index is 5.30. The van der Waals surface area contributed by atoms with E-state index < -0.39 is 0 Å². The van der Waals surface area contributed by atoms with Gasteiger partial charge >= 0.3 is 0 Å². The molecule has 2 heterocycles. The van der Waals surface area contributed by atoms with Crippen molar-refractivity contribution in [3.05, 3.63) is 35.4 Å². The smallest absolute Gasteiger partial charge is 0.204 e. The topological polar surface area (TPSA) is 58.7 Å². The molecule has 1 aliphatic rings. The zero-order valence-corrected chi connectivity index (χ0v) is 30.5. The second-order valence-corrected chi connectivity index (χ2v) is 13.7. The molecule has 45 heavy (non-hydrogen) atoms. The summed E-state index contributed by atoms with van der Waals surface area (Å²) in [6, 6.07) is 6.93. The van der Waals surface area contributed by atoms with Crippen LogP contribution in [0, 0.1) is 24.7 Å². The molecule has 0 radical (unpaired) electrons. The predicted molar refractivity (Wildman–Crippen MR) is 196 cm³/mol. The van der Waals surface area contributed by atoms with Crippen molar-refractivity contribution in [2.24, 2.45) is 27.8 Å². The van der Waals surface area contributed by atoms with Crippen LogP contribution < -0.4 is 4.90 Å². The number of nitrogens with zero attached hydrogens (tertiary/aromatic N) is 6. The fourth-order valence-electron chi connectivity index (χ4n) is 6.59. The van der Waals surface area contributed by atoms with E-state index >= 15 is 0 Å². The second-order valence-electron chi connectivity index (χ2n) is 13.7. The minimum absolute atomic E-state index is 0.292. The third-order valence-corrected chi connectivity index (χ3v) is 10.2. The maximum atomic E-state index is 5.30. The number of unbranched alkanes of at least 4 members (excludes halogenated alkanes) is 4. The van der Waals surface area contributed by atoms with Gasteiger partial charge in [0.25, 0.3) is 0 Å². The summed E-state index contributed by atoms with van der Waals surface area (Å²) in [5, 5.41) is 9.87. The summed E-state index contributed by atoms with van der Waals surface area (Å²) in [5.41, 5.74) is 5.46. The normalized spacial score (nSPS) is 16.5. The van der Waals surface area contributed by atoms with Gasteiger partial charge in [0, 0.05) is 30.6 Å². The van der Waals surface area contributed by atoms with Gasteiger partial charge in [-0.2, -0.15) is 5.10 Å². The van der Waals surface area contributed by atoms with Crippen LogP contribution in [0.5, 0.6) is 0 Å². The number of aromatic nitrogens is 3. The molecule has 4 atom stereocenters. The SMILES string of the molecule is CCCCCC(CC)c1nc2n(n1)N=C(C(C)CC)/C2=N/c1ccc(N(CC(CC)CCCC)CC(CC)CCCC)cc1C. The fourth-order valence-corrected chi connectivity index (χ4v) is 6.59. The molecule has 6 nitrogen and oxygen atoms in total. The first kappa shape index (κ1) is 37.0. The first-order valence-corrected chi connectivity index (χ1v) is 18.8. The third-order valence-electron chi connectivity index (χ3n) is 10.2.